The zero-order valence-electron chi connectivity index (χ0n) is 9.42. The van der Waals surface area contributed by atoms with E-state index in [1.165, 1.54) is 12.1 Å². The Morgan fingerprint density at radius 3 is 2.53 bits per heavy atom. The van der Waals surface area contributed by atoms with Crippen LogP contribution in [-0.4, -0.2) is 46.8 Å². The highest BCUT2D eigenvalue weighted by molar-refractivity contribution is 6.34. The van der Waals surface area contributed by atoms with Crippen molar-refractivity contribution in [3.05, 3.63) is 28.0 Å². The summed E-state index contributed by atoms with van der Waals surface area (Å²) in [5.41, 5.74) is -0.383. The van der Waals surface area contributed by atoms with E-state index in [1.807, 2.05) is 0 Å². The van der Waals surface area contributed by atoms with Crippen molar-refractivity contribution in [2.45, 2.75) is 6.18 Å². The Morgan fingerprint density at radius 2 is 2.00 bits per heavy atom. The summed E-state index contributed by atoms with van der Waals surface area (Å²) in [5.74, 6) is -1.04. The van der Waals surface area contributed by atoms with Crippen molar-refractivity contribution in [1.82, 2.24) is 9.88 Å². The number of aliphatic hydroxyl groups excluding tert-OH is 1. The molecular weight excluding hydrogens is 308 g/mol. The van der Waals surface area contributed by atoms with Gasteiger partial charge in [-0.1, -0.05) is 23.2 Å². The first kappa shape index (κ1) is 16.0. The number of amides is 1. The van der Waals surface area contributed by atoms with Gasteiger partial charge in [0.05, 0.1) is 11.6 Å². The molecule has 1 aromatic rings. The van der Waals surface area contributed by atoms with Crippen LogP contribution in [0, 0.1) is 0 Å². The fourth-order valence-corrected chi connectivity index (χ4v) is 1.64. The third kappa shape index (κ3) is 4.85. The summed E-state index contributed by atoms with van der Waals surface area (Å²) >= 11 is 11.3. The average molecular weight is 317 g/mol. The van der Waals surface area contributed by atoms with Crippen LogP contribution in [0.1, 0.15) is 10.5 Å². The van der Waals surface area contributed by atoms with Crippen molar-refractivity contribution in [3.8, 4) is 0 Å². The van der Waals surface area contributed by atoms with Crippen molar-refractivity contribution >= 4 is 29.1 Å². The smallest absolute Gasteiger partial charge is 0.395 e. The van der Waals surface area contributed by atoms with E-state index in [9.17, 15) is 18.0 Å². The van der Waals surface area contributed by atoms with Crippen LogP contribution in [0.15, 0.2) is 12.1 Å². The summed E-state index contributed by atoms with van der Waals surface area (Å²) in [6.45, 7) is -2.60. The molecule has 19 heavy (non-hydrogen) atoms. The highest BCUT2D eigenvalue weighted by Gasteiger charge is 2.34. The van der Waals surface area contributed by atoms with Gasteiger partial charge in [-0.3, -0.25) is 4.79 Å². The standard InChI is InChI=1S/C10H9Cl2F3N2O2/c11-6-1-2-7(12)16-8(6)9(19)17(3-4-18)5-10(13,14)15/h1-2,18H,3-5H2. The normalized spacial score (nSPS) is 11.5. The fourth-order valence-electron chi connectivity index (χ4n) is 1.31. The number of nitrogens with zero attached hydrogens (tertiary/aromatic N) is 2. The van der Waals surface area contributed by atoms with E-state index in [2.05, 4.69) is 4.98 Å². The Morgan fingerprint density at radius 1 is 1.37 bits per heavy atom. The van der Waals surface area contributed by atoms with Gasteiger partial charge in [0.1, 0.15) is 17.4 Å². The molecule has 0 aliphatic rings. The molecule has 4 nitrogen and oxygen atoms in total. The topological polar surface area (TPSA) is 53.4 Å². The molecule has 0 saturated carbocycles. The van der Waals surface area contributed by atoms with E-state index in [1.54, 1.807) is 0 Å². The molecule has 0 radical (unpaired) electrons. The molecule has 0 aliphatic carbocycles. The lowest BCUT2D eigenvalue weighted by Gasteiger charge is -2.23. The van der Waals surface area contributed by atoms with Gasteiger partial charge in [-0.05, 0) is 12.1 Å². The predicted molar refractivity (Wildman–Crippen MR) is 63.3 cm³/mol. The maximum absolute atomic E-state index is 12.3. The van der Waals surface area contributed by atoms with E-state index in [-0.39, 0.29) is 15.9 Å². The van der Waals surface area contributed by atoms with Crippen molar-refractivity contribution in [3.63, 3.8) is 0 Å². The van der Waals surface area contributed by atoms with E-state index in [0.29, 0.717) is 4.90 Å². The molecule has 0 aliphatic heterocycles. The number of halogens is 5. The number of hydrogen-bond donors (Lipinski definition) is 1. The molecule has 1 aromatic heterocycles. The Kier molecular flexibility index (Phi) is 5.39. The van der Waals surface area contributed by atoms with Crippen LogP contribution in [0.5, 0.6) is 0 Å². The first-order valence-corrected chi connectivity index (χ1v) is 5.79. The Labute approximate surface area is 116 Å². The van der Waals surface area contributed by atoms with Gasteiger partial charge in [0.2, 0.25) is 0 Å². The largest absolute Gasteiger partial charge is 0.406 e. The van der Waals surface area contributed by atoms with Gasteiger partial charge in [0.15, 0.2) is 0 Å². The van der Waals surface area contributed by atoms with E-state index in [0.717, 1.165) is 0 Å². The zero-order valence-corrected chi connectivity index (χ0v) is 10.9. The molecule has 1 heterocycles. The van der Waals surface area contributed by atoms with Gasteiger partial charge in [-0.25, -0.2) is 4.98 Å². The maximum atomic E-state index is 12.3. The molecule has 0 fully saturated rings. The summed E-state index contributed by atoms with van der Waals surface area (Å²) in [4.78, 5) is 15.9. The van der Waals surface area contributed by atoms with Crippen molar-refractivity contribution in [2.75, 3.05) is 19.7 Å². The third-order valence-corrected chi connectivity index (χ3v) is 2.56. The summed E-state index contributed by atoms with van der Waals surface area (Å²) in [6, 6.07) is 2.57. The molecule has 0 aromatic carbocycles. The SMILES string of the molecule is O=C(c1nc(Cl)ccc1Cl)N(CCO)CC(F)(F)F. The van der Waals surface area contributed by atoms with E-state index < -0.39 is 31.8 Å². The van der Waals surface area contributed by atoms with Gasteiger partial charge in [-0.15, -0.1) is 0 Å². The van der Waals surface area contributed by atoms with Crippen LogP contribution in [0.4, 0.5) is 13.2 Å². The maximum Gasteiger partial charge on any atom is 0.406 e. The summed E-state index contributed by atoms with van der Waals surface area (Å²) < 4.78 is 37.0. The predicted octanol–water partition coefficient (Wildman–Crippen LogP) is 2.39. The minimum Gasteiger partial charge on any atom is -0.395 e. The molecule has 9 heteroatoms. The van der Waals surface area contributed by atoms with Crippen LogP contribution in [0.2, 0.25) is 10.2 Å². The number of alkyl halides is 3. The van der Waals surface area contributed by atoms with Crippen molar-refractivity contribution in [2.24, 2.45) is 0 Å². The number of pyridine rings is 1. The zero-order chi connectivity index (χ0) is 14.6. The Bertz CT molecular complexity index is 469. The molecule has 106 valence electrons. The Balaban J connectivity index is 3.02. The molecule has 0 spiro atoms. The van der Waals surface area contributed by atoms with Gasteiger partial charge >= 0.3 is 6.18 Å². The molecular formula is C10H9Cl2F3N2O2. The fraction of sp³-hybridized carbons (Fsp3) is 0.400. The number of rotatable bonds is 4. The molecule has 1 amide bonds. The highest BCUT2D eigenvalue weighted by atomic mass is 35.5. The number of aliphatic hydroxyl groups is 1. The minimum atomic E-state index is -4.59. The van der Waals surface area contributed by atoms with Crippen LogP contribution in [0.25, 0.3) is 0 Å². The molecule has 1 rings (SSSR count). The van der Waals surface area contributed by atoms with Crippen LogP contribution >= 0.6 is 23.2 Å². The van der Waals surface area contributed by atoms with Gasteiger partial charge < -0.3 is 10.0 Å². The van der Waals surface area contributed by atoms with Crippen molar-refractivity contribution < 1.29 is 23.1 Å². The lowest BCUT2D eigenvalue weighted by atomic mass is 10.3. The van der Waals surface area contributed by atoms with Gasteiger partial charge in [-0.2, -0.15) is 13.2 Å². The first-order chi connectivity index (χ1) is 8.74. The number of carbonyl (C=O) groups is 1. The van der Waals surface area contributed by atoms with Crippen LogP contribution in [0.3, 0.4) is 0 Å². The second kappa shape index (κ2) is 6.40. The molecule has 1 N–H and O–H groups in total. The van der Waals surface area contributed by atoms with Crippen LogP contribution in [-0.2, 0) is 0 Å². The van der Waals surface area contributed by atoms with Gasteiger partial charge in [0.25, 0.3) is 5.91 Å². The first-order valence-electron chi connectivity index (χ1n) is 5.03. The lowest BCUT2D eigenvalue weighted by Crippen LogP contribution is -2.41. The third-order valence-electron chi connectivity index (χ3n) is 2.04. The van der Waals surface area contributed by atoms with Crippen LogP contribution < -0.4 is 0 Å². The Hall–Kier alpha value is -1.05. The summed E-state index contributed by atoms with van der Waals surface area (Å²) in [5, 5.41) is 8.53. The monoisotopic (exact) mass is 316 g/mol. The molecule has 0 bridgehead atoms. The highest BCUT2D eigenvalue weighted by Crippen LogP contribution is 2.21. The second-order valence-electron chi connectivity index (χ2n) is 3.53. The summed E-state index contributed by atoms with van der Waals surface area (Å²) in [7, 11) is 0. The number of aromatic nitrogens is 1. The van der Waals surface area contributed by atoms with E-state index >= 15 is 0 Å². The lowest BCUT2D eigenvalue weighted by molar-refractivity contribution is -0.141. The minimum absolute atomic E-state index is 0.0660. The molecule has 0 atom stereocenters. The number of carbonyl (C=O) groups excluding carboxylic acids is 1. The average Bonchev–Trinajstić information content (AvgIpc) is 2.29. The second-order valence-corrected chi connectivity index (χ2v) is 4.32. The van der Waals surface area contributed by atoms with E-state index in [4.69, 9.17) is 28.3 Å². The molecule has 0 saturated heterocycles. The van der Waals surface area contributed by atoms with Crippen molar-refractivity contribution in [1.29, 1.82) is 0 Å². The molecule has 0 unspecified atom stereocenters. The quantitative estimate of drug-likeness (QED) is 0.868. The summed E-state index contributed by atoms with van der Waals surface area (Å²) in [6.07, 6.45) is -4.59. The van der Waals surface area contributed by atoms with Gasteiger partial charge in [0, 0.05) is 6.54 Å². The number of hydrogen-bond acceptors (Lipinski definition) is 3.